The van der Waals surface area contributed by atoms with Crippen LogP contribution in [0.3, 0.4) is 0 Å². The van der Waals surface area contributed by atoms with Gasteiger partial charge in [-0.15, -0.1) is 0 Å². The summed E-state index contributed by atoms with van der Waals surface area (Å²) in [6.07, 6.45) is 7.79. The molecule has 0 atom stereocenters. The van der Waals surface area contributed by atoms with Crippen molar-refractivity contribution in [2.45, 2.75) is 52.0 Å². The van der Waals surface area contributed by atoms with E-state index in [-0.39, 0.29) is 11.1 Å². The number of rotatable bonds is 11. The molecule has 38 heavy (non-hydrogen) atoms. The van der Waals surface area contributed by atoms with E-state index < -0.39 is 5.91 Å². The Morgan fingerprint density at radius 1 is 0.868 bits per heavy atom. The highest BCUT2D eigenvalue weighted by Crippen LogP contribution is 2.36. The minimum Gasteiger partial charge on any atom is -0.341 e. The number of hydrogen-bond acceptors (Lipinski definition) is 4. The van der Waals surface area contributed by atoms with Gasteiger partial charge in [-0.2, -0.15) is 0 Å². The summed E-state index contributed by atoms with van der Waals surface area (Å²) in [5.41, 5.74) is 5.80. The molecule has 0 spiro atoms. The van der Waals surface area contributed by atoms with Crippen LogP contribution in [0, 0.1) is 0 Å². The first kappa shape index (κ1) is 27.4. The van der Waals surface area contributed by atoms with Gasteiger partial charge in [-0.05, 0) is 69.8 Å². The highest BCUT2D eigenvalue weighted by Gasteiger charge is 2.26. The van der Waals surface area contributed by atoms with Gasteiger partial charge < -0.3 is 4.90 Å². The Morgan fingerprint density at radius 3 is 2.16 bits per heavy atom. The van der Waals surface area contributed by atoms with Crippen LogP contribution >= 0.6 is 11.8 Å². The molecule has 0 saturated carbocycles. The van der Waals surface area contributed by atoms with Gasteiger partial charge in [-0.1, -0.05) is 93.3 Å². The molecule has 0 radical (unpaired) electrons. The van der Waals surface area contributed by atoms with Gasteiger partial charge >= 0.3 is 0 Å². The van der Waals surface area contributed by atoms with Gasteiger partial charge in [0.1, 0.15) is 0 Å². The monoisotopic (exact) mass is 526 g/mol. The number of hydrogen-bond donors (Lipinski definition) is 1. The summed E-state index contributed by atoms with van der Waals surface area (Å²) in [5, 5.41) is 1.98. The summed E-state index contributed by atoms with van der Waals surface area (Å²) in [6, 6.07) is 24.4. The number of benzene rings is 3. The zero-order valence-electron chi connectivity index (χ0n) is 22.0. The van der Waals surface area contributed by atoms with Crippen LogP contribution in [0.2, 0.25) is 0 Å². The van der Waals surface area contributed by atoms with E-state index in [0.29, 0.717) is 17.9 Å². The fraction of sp³-hybridized carbons (Fsp3) is 0.281. The Bertz CT molecular complexity index is 1320. The fourth-order valence-corrected chi connectivity index (χ4v) is 5.30. The number of nitrogens with one attached hydrogen (secondary N) is 1. The lowest BCUT2D eigenvalue weighted by molar-refractivity contribution is -0.130. The first-order valence-electron chi connectivity index (χ1n) is 13.2. The van der Waals surface area contributed by atoms with Crippen LogP contribution in [-0.4, -0.2) is 29.0 Å². The molecule has 5 nitrogen and oxygen atoms in total. The molecule has 0 bridgehead atoms. The summed E-state index contributed by atoms with van der Waals surface area (Å²) in [6.45, 7) is 2.58. The molecular formula is C32H34N2O3S. The number of imide groups is 1. The SMILES string of the molecule is CCCCCCCC(=O)N(C)Cc1cc(-c2ccccc2)cc(-c2ccccc2)c1C=C1SC(=O)NC1=O. The first-order chi connectivity index (χ1) is 18.5. The first-order valence-corrected chi connectivity index (χ1v) is 14.0. The fourth-order valence-electron chi connectivity index (χ4n) is 4.63. The number of unbranched alkanes of at least 4 members (excludes halogenated alkanes) is 4. The topological polar surface area (TPSA) is 66.5 Å². The van der Waals surface area contributed by atoms with Crippen molar-refractivity contribution in [3.63, 3.8) is 0 Å². The summed E-state index contributed by atoms with van der Waals surface area (Å²) in [5.74, 6) is -0.289. The second-order valence-corrected chi connectivity index (χ2v) is 10.6. The van der Waals surface area contributed by atoms with Gasteiger partial charge in [0.25, 0.3) is 11.1 Å². The Labute approximate surface area is 229 Å². The Morgan fingerprint density at radius 2 is 1.53 bits per heavy atom. The van der Waals surface area contributed by atoms with Gasteiger partial charge in [-0.3, -0.25) is 19.7 Å². The molecule has 1 aliphatic rings. The summed E-state index contributed by atoms with van der Waals surface area (Å²) >= 11 is 0.905. The summed E-state index contributed by atoms with van der Waals surface area (Å²) < 4.78 is 0. The van der Waals surface area contributed by atoms with Gasteiger partial charge in [0.15, 0.2) is 0 Å². The number of carbonyl (C=O) groups excluding carboxylic acids is 3. The molecule has 0 aromatic heterocycles. The van der Waals surface area contributed by atoms with Crippen LogP contribution in [-0.2, 0) is 16.1 Å². The molecule has 0 aliphatic carbocycles. The van der Waals surface area contributed by atoms with Crippen molar-refractivity contribution in [2.75, 3.05) is 7.05 Å². The molecule has 196 valence electrons. The number of amides is 3. The van der Waals surface area contributed by atoms with Crippen molar-refractivity contribution in [3.05, 3.63) is 88.8 Å². The predicted molar refractivity (Wildman–Crippen MR) is 156 cm³/mol. The van der Waals surface area contributed by atoms with Crippen molar-refractivity contribution >= 4 is 34.9 Å². The lowest BCUT2D eigenvalue weighted by Crippen LogP contribution is -2.26. The van der Waals surface area contributed by atoms with Crippen LogP contribution in [0.1, 0.15) is 56.6 Å². The maximum atomic E-state index is 13.0. The van der Waals surface area contributed by atoms with Crippen molar-refractivity contribution in [3.8, 4) is 22.3 Å². The van der Waals surface area contributed by atoms with E-state index in [1.807, 2.05) is 55.6 Å². The molecule has 1 heterocycles. The Kier molecular flexibility index (Phi) is 9.55. The van der Waals surface area contributed by atoms with Gasteiger partial charge in [0.05, 0.1) is 4.91 Å². The van der Waals surface area contributed by atoms with Crippen LogP contribution < -0.4 is 5.32 Å². The molecule has 1 N–H and O–H groups in total. The number of carbonyl (C=O) groups is 3. The molecule has 3 amide bonds. The summed E-state index contributed by atoms with van der Waals surface area (Å²) in [4.78, 5) is 39.5. The maximum Gasteiger partial charge on any atom is 0.290 e. The largest absolute Gasteiger partial charge is 0.341 e. The normalized spacial score (nSPS) is 14.1. The smallest absolute Gasteiger partial charge is 0.290 e. The Balaban J connectivity index is 1.76. The van der Waals surface area contributed by atoms with Gasteiger partial charge in [0.2, 0.25) is 5.91 Å². The molecule has 0 unspecified atom stereocenters. The molecule has 3 aromatic carbocycles. The minimum absolute atomic E-state index is 0.106. The molecule has 1 saturated heterocycles. The van der Waals surface area contributed by atoms with Crippen molar-refractivity contribution in [1.82, 2.24) is 10.2 Å². The zero-order chi connectivity index (χ0) is 26.9. The number of nitrogens with zero attached hydrogens (tertiary/aromatic N) is 1. The molecule has 6 heteroatoms. The van der Waals surface area contributed by atoms with E-state index in [2.05, 4.69) is 36.5 Å². The highest BCUT2D eigenvalue weighted by atomic mass is 32.2. The second-order valence-electron chi connectivity index (χ2n) is 9.59. The van der Waals surface area contributed by atoms with Crippen LogP contribution in [0.5, 0.6) is 0 Å². The van der Waals surface area contributed by atoms with E-state index in [1.54, 1.807) is 11.0 Å². The quantitative estimate of drug-likeness (QED) is 0.206. The van der Waals surface area contributed by atoms with Gasteiger partial charge in [0, 0.05) is 20.0 Å². The van der Waals surface area contributed by atoms with Crippen molar-refractivity contribution in [2.24, 2.45) is 0 Å². The lowest BCUT2D eigenvalue weighted by atomic mass is 9.90. The van der Waals surface area contributed by atoms with E-state index in [1.165, 1.54) is 12.8 Å². The zero-order valence-corrected chi connectivity index (χ0v) is 22.9. The third kappa shape index (κ3) is 7.01. The van der Waals surface area contributed by atoms with E-state index in [0.717, 1.165) is 64.4 Å². The van der Waals surface area contributed by atoms with E-state index >= 15 is 0 Å². The third-order valence-electron chi connectivity index (χ3n) is 6.70. The third-order valence-corrected chi connectivity index (χ3v) is 7.51. The van der Waals surface area contributed by atoms with Crippen LogP contribution in [0.4, 0.5) is 4.79 Å². The van der Waals surface area contributed by atoms with E-state index in [4.69, 9.17) is 0 Å². The predicted octanol–water partition coefficient (Wildman–Crippen LogP) is 7.66. The van der Waals surface area contributed by atoms with Crippen LogP contribution in [0.15, 0.2) is 77.7 Å². The molecule has 1 fully saturated rings. The van der Waals surface area contributed by atoms with Crippen molar-refractivity contribution < 1.29 is 14.4 Å². The maximum absolute atomic E-state index is 13.0. The summed E-state index contributed by atoms with van der Waals surface area (Å²) in [7, 11) is 1.84. The molecular weight excluding hydrogens is 492 g/mol. The number of thioether (sulfide) groups is 1. The molecule has 3 aromatic rings. The average molecular weight is 527 g/mol. The standard InChI is InChI=1S/C32H34N2O3S/c1-3-4-5-6-13-18-30(35)34(2)22-26-19-25(23-14-9-7-10-15-23)20-27(24-16-11-8-12-17-24)28(26)21-29-31(36)33-32(37)38-29/h7-12,14-17,19-21H,3-6,13,18,22H2,1-2H3,(H,33,36,37). The lowest BCUT2D eigenvalue weighted by Gasteiger charge is -2.22. The van der Waals surface area contributed by atoms with E-state index in [9.17, 15) is 14.4 Å². The Hall–Kier alpha value is -3.64. The molecule has 4 rings (SSSR count). The average Bonchev–Trinajstić information content (AvgIpc) is 3.26. The minimum atomic E-state index is -0.395. The van der Waals surface area contributed by atoms with Gasteiger partial charge in [-0.25, -0.2) is 0 Å². The second kappa shape index (κ2) is 13.2. The van der Waals surface area contributed by atoms with Crippen LogP contribution in [0.25, 0.3) is 28.3 Å². The highest BCUT2D eigenvalue weighted by molar-refractivity contribution is 8.18. The van der Waals surface area contributed by atoms with Crippen molar-refractivity contribution in [1.29, 1.82) is 0 Å². The molecule has 1 aliphatic heterocycles.